The van der Waals surface area contributed by atoms with Crippen molar-refractivity contribution in [2.75, 3.05) is 6.54 Å². The summed E-state index contributed by atoms with van der Waals surface area (Å²) in [7, 11) is 0. The maximum absolute atomic E-state index is 12.6. The zero-order valence-electron chi connectivity index (χ0n) is 10.9. The van der Waals surface area contributed by atoms with Crippen LogP contribution in [0.25, 0.3) is 0 Å². The number of aromatic nitrogens is 4. The Balaban J connectivity index is 1.77. The lowest BCUT2D eigenvalue weighted by molar-refractivity contribution is -0.136. The Hall–Kier alpha value is -2.11. The minimum Gasteiger partial charge on any atom is -0.347 e. The number of hydrogen-bond donors (Lipinski definition) is 1. The van der Waals surface area contributed by atoms with E-state index in [2.05, 4.69) is 15.1 Å². The first-order valence-corrected chi connectivity index (χ1v) is 6.58. The van der Waals surface area contributed by atoms with Crippen LogP contribution in [0, 0.1) is 0 Å². The number of hydrogen-bond acceptors (Lipinski definition) is 3. The van der Waals surface area contributed by atoms with Gasteiger partial charge in [0.2, 0.25) is 5.91 Å². The summed E-state index contributed by atoms with van der Waals surface area (Å²) < 4.78 is 1.74. The number of aromatic amines is 1. The molecule has 0 saturated heterocycles. The Labute approximate surface area is 111 Å². The van der Waals surface area contributed by atoms with Crippen molar-refractivity contribution in [2.24, 2.45) is 0 Å². The molecule has 1 atom stereocenters. The number of nitrogens with one attached hydrogen (secondary N) is 1. The third-order valence-electron chi connectivity index (χ3n) is 3.60. The third-order valence-corrected chi connectivity index (χ3v) is 3.60. The number of rotatable bonds is 3. The predicted octanol–water partition coefficient (Wildman–Crippen LogP) is 1.14. The Kier molecular flexibility index (Phi) is 3.06. The number of H-pyrrole nitrogens is 1. The average Bonchev–Trinajstić information content (AvgIpc) is 3.09. The van der Waals surface area contributed by atoms with E-state index in [-0.39, 0.29) is 11.9 Å². The molecule has 1 aliphatic heterocycles. The molecule has 100 valence electrons. The van der Waals surface area contributed by atoms with Crippen molar-refractivity contribution in [1.29, 1.82) is 0 Å². The fourth-order valence-electron chi connectivity index (χ4n) is 2.55. The molecule has 3 heterocycles. The van der Waals surface area contributed by atoms with Crippen molar-refractivity contribution in [3.63, 3.8) is 0 Å². The minimum absolute atomic E-state index is 0.131. The molecule has 1 amide bonds. The molecule has 0 saturated carbocycles. The molecule has 1 aliphatic rings. The van der Waals surface area contributed by atoms with Crippen LogP contribution in [-0.4, -0.2) is 37.1 Å². The van der Waals surface area contributed by atoms with Crippen LogP contribution >= 0.6 is 0 Å². The summed E-state index contributed by atoms with van der Waals surface area (Å²) in [5, 5.41) is 4.19. The van der Waals surface area contributed by atoms with E-state index < -0.39 is 0 Å². The highest BCUT2D eigenvalue weighted by molar-refractivity contribution is 5.80. The van der Waals surface area contributed by atoms with Crippen molar-refractivity contribution >= 4 is 5.91 Å². The molecule has 19 heavy (non-hydrogen) atoms. The van der Waals surface area contributed by atoms with Gasteiger partial charge in [0.05, 0.1) is 24.3 Å². The molecule has 6 nitrogen and oxygen atoms in total. The van der Waals surface area contributed by atoms with Crippen LogP contribution in [0.3, 0.4) is 0 Å². The first kappa shape index (κ1) is 12.0. The molecule has 0 bridgehead atoms. The van der Waals surface area contributed by atoms with Crippen LogP contribution in [0.5, 0.6) is 0 Å². The Morgan fingerprint density at radius 3 is 3.21 bits per heavy atom. The van der Waals surface area contributed by atoms with Gasteiger partial charge in [-0.3, -0.25) is 9.48 Å². The zero-order chi connectivity index (χ0) is 13.2. The van der Waals surface area contributed by atoms with E-state index in [1.165, 1.54) is 0 Å². The molecule has 1 N–H and O–H groups in total. The van der Waals surface area contributed by atoms with Crippen molar-refractivity contribution in [3.8, 4) is 0 Å². The molecule has 0 aliphatic carbocycles. The fraction of sp³-hybridized carbons (Fsp3) is 0.462. The van der Waals surface area contributed by atoms with E-state index in [9.17, 15) is 4.79 Å². The third kappa shape index (κ3) is 2.14. The number of carbonyl (C=O) groups excluding carboxylic acids is 1. The van der Waals surface area contributed by atoms with Gasteiger partial charge in [-0.25, -0.2) is 4.98 Å². The van der Waals surface area contributed by atoms with Gasteiger partial charge in [0.25, 0.3) is 0 Å². The molecule has 2 aromatic heterocycles. The maximum atomic E-state index is 12.6. The van der Waals surface area contributed by atoms with Crippen LogP contribution in [0.1, 0.15) is 30.8 Å². The van der Waals surface area contributed by atoms with Gasteiger partial charge in [-0.05, 0) is 12.5 Å². The average molecular weight is 259 g/mol. The van der Waals surface area contributed by atoms with Crippen molar-refractivity contribution < 1.29 is 4.79 Å². The molecule has 3 rings (SSSR count). The molecular formula is C13H17N5O. The van der Waals surface area contributed by atoms with Gasteiger partial charge in [0.15, 0.2) is 0 Å². The fourth-order valence-corrected chi connectivity index (χ4v) is 2.55. The van der Waals surface area contributed by atoms with E-state index in [0.29, 0.717) is 6.54 Å². The predicted molar refractivity (Wildman–Crippen MR) is 69.3 cm³/mol. The van der Waals surface area contributed by atoms with E-state index in [1.54, 1.807) is 17.2 Å². The number of imidazole rings is 1. The number of nitrogens with zero attached hydrogens (tertiary/aromatic N) is 4. The summed E-state index contributed by atoms with van der Waals surface area (Å²) >= 11 is 0. The van der Waals surface area contributed by atoms with Gasteiger partial charge >= 0.3 is 0 Å². The largest absolute Gasteiger partial charge is 0.347 e. The van der Waals surface area contributed by atoms with Gasteiger partial charge in [-0.2, -0.15) is 5.10 Å². The van der Waals surface area contributed by atoms with Crippen molar-refractivity contribution in [1.82, 2.24) is 24.6 Å². The van der Waals surface area contributed by atoms with Crippen LogP contribution in [0.4, 0.5) is 0 Å². The van der Waals surface area contributed by atoms with Gasteiger partial charge in [-0.1, -0.05) is 6.92 Å². The smallest absolute Gasteiger partial charge is 0.247 e. The van der Waals surface area contributed by atoms with Gasteiger partial charge in [0, 0.05) is 25.4 Å². The summed E-state index contributed by atoms with van der Waals surface area (Å²) in [5.41, 5.74) is 2.13. The lowest BCUT2D eigenvalue weighted by Crippen LogP contribution is -2.40. The molecule has 0 radical (unpaired) electrons. The van der Waals surface area contributed by atoms with Gasteiger partial charge in [0.1, 0.15) is 6.04 Å². The maximum Gasteiger partial charge on any atom is 0.247 e. The normalized spacial score (nSPS) is 16.2. The summed E-state index contributed by atoms with van der Waals surface area (Å²) in [6.45, 7) is 3.36. The minimum atomic E-state index is -0.209. The summed E-state index contributed by atoms with van der Waals surface area (Å²) in [5.74, 6) is 0.131. The van der Waals surface area contributed by atoms with Gasteiger partial charge in [-0.15, -0.1) is 0 Å². The molecule has 0 aromatic carbocycles. The van der Waals surface area contributed by atoms with Crippen LogP contribution < -0.4 is 0 Å². The second-order valence-electron chi connectivity index (χ2n) is 4.75. The summed E-state index contributed by atoms with van der Waals surface area (Å²) in [6, 6.07) is 1.64. The van der Waals surface area contributed by atoms with Crippen LogP contribution in [-0.2, 0) is 17.8 Å². The molecule has 6 heteroatoms. The van der Waals surface area contributed by atoms with Crippen LogP contribution in [0.15, 0.2) is 24.8 Å². The van der Waals surface area contributed by atoms with Gasteiger partial charge < -0.3 is 9.88 Å². The topological polar surface area (TPSA) is 66.8 Å². The SMILES string of the molecule is CCC(C(=O)N1CCc2nc[nH]c2C1)n1cccn1. The molecule has 2 aromatic rings. The molecule has 0 fully saturated rings. The highest BCUT2D eigenvalue weighted by Gasteiger charge is 2.28. The highest BCUT2D eigenvalue weighted by atomic mass is 16.2. The number of amides is 1. The lowest BCUT2D eigenvalue weighted by Gasteiger charge is -2.29. The van der Waals surface area contributed by atoms with E-state index in [0.717, 1.165) is 30.8 Å². The van der Waals surface area contributed by atoms with E-state index in [4.69, 9.17) is 0 Å². The molecule has 0 spiro atoms. The first-order valence-electron chi connectivity index (χ1n) is 6.58. The first-order chi connectivity index (χ1) is 9.29. The standard InChI is InChI=1S/C13H17N5O/c1-2-12(18-6-3-5-16-18)13(19)17-7-4-10-11(8-17)15-9-14-10/h3,5-6,9,12H,2,4,7-8H2,1H3,(H,14,15). The number of fused-ring (bicyclic) bond motifs is 1. The highest BCUT2D eigenvalue weighted by Crippen LogP contribution is 2.20. The van der Waals surface area contributed by atoms with Crippen molar-refractivity contribution in [2.45, 2.75) is 32.4 Å². The lowest BCUT2D eigenvalue weighted by atomic mass is 10.1. The molecular weight excluding hydrogens is 242 g/mol. The van der Waals surface area contributed by atoms with Crippen LogP contribution in [0.2, 0.25) is 0 Å². The quantitative estimate of drug-likeness (QED) is 0.899. The monoisotopic (exact) mass is 259 g/mol. The Morgan fingerprint density at radius 1 is 1.58 bits per heavy atom. The second kappa shape index (κ2) is 4.87. The zero-order valence-corrected chi connectivity index (χ0v) is 10.9. The van der Waals surface area contributed by atoms with Crippen molar-refractivity contribution in [3.05, 3.63) is 36.2 Å². The summed E-state index contributed by atoms with van der Waals surface area (Å²) in [6.07, 6.45) is 6.81. The number of carbonyl (C=O) groups is 1. The second-order valence-corrected chi connectivity index (χ2v) is 4.75. The van der Waals surface area contributed by atoms with E-state index in [1.807, 2.05) is 24.1 Å². The summed E-state index contributed by atoms with van der Waals surface area (Å²) in [4.78, 5) is 21.8. The Bertz CT molecular complexity index is 559. The van der Waals surface area contributed by atoms with E-state index >= 15 is 0 Å². The Morgan fingerprint density at radius 2 is 2.47 bits per heavy atom. The molecule has 1 unspecified atom stereocenters.